The molecular weight excluding hydrogens is 348 g/mol. The second-order valence-corrected chi connectivity index (χ2v) is 9.48. The van der Waals surface area contributed by atoms with Gasteiger partial charge in [0, 0.05) is 12.2 Å². The highest BCUT2D eigenvalue weighted by Crippen LogP contribution is 2.36. The molecule has 2 aromatic carbocycles. The van der Waals surface area contributed by atoms with Crippen molar-refractivity contribution in [1.82, 2.24) is 4.90 Å². The summed E-state index contributed by atoms with van der Waals surface area (Å²) in [5, 5.41) is 0. The third kappa shape index (κ3) is 2.98. The number of anilines is 1. The predicted octanol–water partition coefficient (Wildman–Crippen LogP) is 2.91. The van der Waals surface area contributed by atoms with Gasteiger partial charge >= 0.3 is 6.03 Å². The molecule has 0 saturated carbocycles. The quantitative estimate of drug-likeness (QED) is 0.781. The predicted molar refractivity (Wildman–Crippen MR) is 102 cm³/mol. The molecule has 0 radical (unpaired) electrons. The number of carbonyl (C=O) groups is 1. The highest BCUT2D eigenvalue weighted by molar-refractivity contribution is 7.91. The summed E-state index contributed by atoms with van der Waals surface area (Å²) in [5.41, 5.74) is 3.92. The SMILES string of the molecule is Cc1cc(C)cc(N2C(=O)N(Cc3ccccc3)[C@H]3CS(=O)(=O)C[C@H]32)c1. The fraction of sp³-hybridized carbons (Fsp3) is 0.350. The number of hydrogen-bond acceptors (Lipinski definition) is 3. The normalized spacial score (nSPS) is 24.2. The smallest absolute Gasteiger partial charge is 0.314 e. The van der Waals surface area contributed by atoms with Gasteiger partial charge in [0.1, 0.15) is 0 Å². The minimum atomic E-state index is -3.15. The van der Waals surface area contributed by atoms with Gasteiger partial charge < -0.3 is 4.90 Å². The lowest BCUT2D eigenvalue weighted by Crippen LogP contribution is -2.37. The van der Waals surface area contributed by atoms with Crippen LogP contribution in [-0.2, 0) is 16.4 Å². The van der Waals surface area contributed by atoms with Crippen LogP contribution in [0.25, 0.3) is 0 Å². The van der Waals surface area contributed by atoms with Gasteiger partial charge in [-0.1, -0.05) is 36.4 Å². The van der Waals surface area contributed by atoms with E-state index < -0.39 is 9.84 Å². The van der Waals surface area contributed by atoms with Crippen molar-refractivity contribution in [3.8, 4) is 0 Å². The molecule has 0 aliphatic carbocycles. The molecule has 0 aromatic heterocycles. The van der Waals surface area contributed by atoms with E-state index in [1.54, 1.807) is 9.80 Å². The molecule has 0 bridgehead atoms. The topological polar surface area (TPSA) is 57.7 Å². The molecule has 5 nitrogen and oxygen atoms in total. The molecule has 26 heavy (non-hydrogen) atoms. The standard InChI is InChI=1S/C20H22N2O3S/c1-14-8-15(2)10-17(9-14)22-19-13-26(24,25)12-18(19)21(20(22)23)11-16-6-4-3-5-7-16/h3-10,18-19H,11-13H2,1-2H3/t18-,19+/m0/s1. The lowest BCUT2D eigenvalue weighted by molar-refractivity contribution is 0.206. The van der Waals surface area contributed by atoms with Crippen LogP contribution in [0.5, 0.6) is 0 Å². The van der Waals surface area contributed by atoms with E-state index in [-0.39, 0.29) is 29.6 Å². The minimum Gasteiger partial charge on any atom is -0.314 e. The zero-order valence-corrected chi connectivity index (χ0v) is 15.7. The summed E-state index contributed by atoms with van der Waals surface area (Å²) >= 11 is 0. The molecule has 2 aliphatic rings. The fourth-order valence-electron chi connectivity index (χ4n) is 4.13. The number of urea groups is 1. The van der Waals surface area contributed by atoms with Crippen LogP contribution in [0.2, 0.25) is 0 Å². The van der Waals surface area contributed by atoms with Crippen LogP contribution in [0, 0.1) is 13.8 Å². The maximum atomic E-state index is 13.2. The van der Waals surface area contributed by atoms with Gasteiger partial charge in [-0.25, -0.2) is 13.2 Å². The average Bonchev–Trinajstić information content (AvgIpc) is 2.99. The molecule has 2 aliphatic heterocycles. The first-order valence-corrected chi connectivity index (χ1v) is 10.6. The zero-order valence-electron chi connectivity index (χ0n) is 14.9. The third-order valence-electron chi connectivity index (χ3n) is 5.16. The Balaban J connectivity index is 1.74. The van der Waals surface area contributed by atoms with Crippen molar-refractivity contribution in [2.24, 2.45) is 0 Å². The van der Waals surface area contributed by atoms with Crippen LogP contribution in [-0.4, -0.2) is 42.9 Å². The van der Waals surface area contributed by atoms with Gasteiger partial charge in [0.2, 0.25) is 0 Å². The summed E-state index contributed by atoms with van der Waals surface area (Å²) < 4.78 is 24.6. The van der Waals surface area contributed by atoms with Crippen LogP contribution in [0.3, 0.4) is 0 Å². The van der Waals surface area contributed by atoms with Crippen LogP contribution in [0.15, 0.2) is 48.5 Å². The maximum Gasteiger partial charge on any atom is 0.325 e. The number of sulfone groups is 1. The van der Waals surface area contributed by atoms with Crippen molar-refractivity contribution in [1.29, 1.82) is 0 Å². The number of amides is 2. The van der Waals surface area contributed by atoms with Crippen molar-refractivity contribution in [3.63, 3.8) is 0 Å². The lowest BCUT2D eigenvalue weighted by Gasteiger charge is -2.23. The number of fused-ring (bicyclic) bond motifs is 1. The second-order valence-electron chi connectivity index (χ2n) is 7.32. The molecule has 6 heteroatoms. The van der Waals surface area contributed by atoms with Gasteiger partial charge in [0.15, 0.2) is 9.84 Å². The highest BCUT2D eigenvalue weighted by Gasteiger charge is 2.53. The molecule has 0 unspecified atom stereocenters. The summed E-state index contributed by atoms with van der Waals surface area (Å²) in [5.74, 6) is 0.0687. The third-order valence-corrected chi connectivity index (χ3v) is 6.86. The zero-order chi connectivity index (χ0) is 18.5. The van der Waals surface area contributed by atoms with Gasteiger partial charge in [-0.2, -0.15) is 0 Å². The Kier molecular flexibility index (Phi) is 4.03. The van der Waals surface area contributed by atoms with Crippen molar-refractivity contribution < 1.29 is 13.2 Å². The van der Waals surface area contributed by atoms with Gasteiger partial charge in [-0.05, 0) is 42.7 Å². The van der Waals surface area contributed by atoms with Crippen molar-refractivity contribution >= 4 is 21.6 Å². The van der Waals surface area contributed by atoms with E-state index in [4.69, 9.17) is 0 Å². The summed E-state index contributed by atoms with van der Waals surface area (Å²) in [6, 6.07) is 15.0. The van der Waals surface area contributed by atoms with E-state index >= 15 is 0 Å². The minimum absolute atomic E-state index is 0.0295. The molecule has 0 N–H and O–H groups in total. The Morgan fingerprint density at radius 2 is 1.58 bits per heavy atom. The van der Waals surface area contributed by atoms with Gasteiger partial charge in [-0.3, -0.25) is 4.90 Å². The molecule has 2 aromatic rings. The van der Waals surface area contributed by atoms with Gasteiger partial charge in [0.25, 0.3) is 0 Å². The molecule has 0 spiro atoms. The average molecular weight is 370 g/mol. The Labute approximate surface area is 154 Å². The first-order chi connectivity index (χ1) is 12.3. The number of nitrogens with zero attached hydrogens (tertiary/aromatic N) is 2. The number of rotatable bonds is 3. The van der Waals surface area contributed by atoms with Crippen LogP contribution in [0.1, 0.15) is 16.7 Å². The van der Waals surface area contributed by atoms with Crippen molar-refractivity contribution in [2.45, 2.75) is 32.5 Å². The molecular formula is C20H22N2O3S. The number of aryl methyl sites for hydroxylation is 2. The largest absolute Gasteiger partial charge is 0.325 e. The van der Waals surface area contributed by atoms with E-state index in [9.17, 15) is 13.2 Å². The van der Waals surface area contributed by atoms with Crippen LogP contribution < -0.4 is 4.90 Å². The Bertz CT molecular complexity index is 936. The first kappa shape index (κ1) is 17.1. The number of hydrogen-bond donors (Lipinski definition) is 0. The molecule has 2 fully saturated rings. The molecule has 2 amide bonds. The van der Waals surface area contributed by atoms with E-state index in [2.05, 4.69) is 6.07 Å². The second kappa shape index (κ2) is 6.13. The molecule has 136 valence electrons. The summed E-state index contributed by atoms with van der Waals surface area (Å²) in [7, 11) is -3.15. The summed E-state index contributed by atoms with van der Waals surface area (Å²) in [6.07, 6.45) is 0. The maximum absolute atomic E-state index is 13.2. The Morgan fingerprint density at radius 3 is 2.23 bits per heavy atom. The summed E-state index contributed by atoms with van der Waals surface area (Å²) in [4.78, 5) is 16.6. The number of benzene rings is 2. The van der Waals surface area contributed by atoms with E-state index in [0.29, 0.717) is 6.54 Å². The Hall–Kier alpha value is -2.34. The van der Waals surface area contributed by atoms with Crippen molar-refractivity contribution in [3.05, 3.63) is 65.2 Å². The van der Waals surface area contributed by atoms with Gasteiger partial charge in [-0.15, -0.1) is 0 Å². The molecule has 2 heterocycles. The molecule has 2 atom stereocenters. The highest BCUT2D eigenvalue weighted by atomic mass is 32.2. The lowest BCUT2D eigenvalue weighted by atomic mass is 10.1. The number of carbonyl (C=O) groups excluding carboxylic acids is 1. The van der Waals surface area contributed by atoms with E-state index in [1.165, 1.54) is 0 Å². The monoisotopic (exact) mass is 370 g/mol. The molecule has 2 saturated heterocycles. The van der Waals surface area contributed by atoms with Crippen molar-refractivity contribution in [2.75, 3.05) is 16.4 Å². The molecule has 4 rings (SSSR count). The van der Waals surface area contributed by atoms with E-state index in [1.807, 2.05) is 56.3 Å². The fourth-order valence-corrected chi connectivity index (χ4v) is 6.08. The van der Waals surface area contributed by atoms with Crippen LogP contribution in [0.4, 0.5) is 10.5 Å². The Morgan fingerprint density at radius 1 is 0.962 bits per heavy atom. The first-order valence-electron chi connectivity index (χ1n) is 8.76. The van der Waals surface area contributed by atoms with E-state index in [0.717, 1.165) is 22.4 Å². The summed E-state index contributed by atoms with van der Waals surface area (Å²) in [6.45, 7) is 4.40. The van der Waals surface area contributed by atoms with Gasteiger partial charge in [0.05, 0.1) is 23.6 Å². The van der Waals surface area contributed by atoms with Crippen LogP contribution >= 0.6 is 0 Å².